The molecule has 1 N–H and O–H groups in total. The molecule has 1 atom stereocenters. The van der Waals surface area contributed by atoms with Gasteiger partial charge in [-0.25, -0.2) is 0 Å². The third-order valence-corrected chi connectivity index (χ3v) is 2.70. The second-order valence-corrected chi connectivity index (χ2v) is 4.87. The molecule has 100 valence electrons. The number of aliphatic hydroxyl groups excluding tert-OH is 1. The van der Waals surface area contributed by atoms with E-state index in [-0.39, 0.29) is 5.56 Å². The first kappa shape index (κ1) is 14.6. The van der Waals surface area contributed by atoms with E-state index in [1.54, 1.807) is 18.4 Å². The van der Waals surface area contributed by atoms with Crippen molar-refractivity contribution < 1.29 is 18.3 Å². The van der Waals surface area contributed by atoms with Crippen molar-refractivity contribution in [2.24, 2.45) is 5.41 Å². The van der Waals surface area contributed by atoms with Crippen molar-refractivity contribution in [3.8, 4) is 6.07 Å². The Balaban J connectivity index is 2.68. The lowest BCUT2D eigenvalue weighted by molar-refractivity contribution is -0.206. The topological polar surface area (TPSA) is 49.0 Å². The van der Waals surface area contributed by atoms with E-state index in [9.17, 15) is 13.2 Å². The number of aromatic nitrogens is 1. The molecule has 0 aliphatic rings. The summed E-state index contributed by atoms with van der Waals surface area (Å²) < 4.78 is 38.4. The number of hydrogen-bond donors (Lipinski definition) is 1. The Morgan fingerprint density at radius 2 is 2.06 bits per heavy atom. The van der Waals surface area contributed by atoms with Crippen LogP contribution in [0.25, 0.3) is 0 Å². The molecule has 1 aromatic rings. The summed E-state index contributed by atoms with van der Waals surface area (Å²) in [5, 5.41) is 17.9. The first-order chi connectivity index (χ1) is 8.15. The predicted octanol–water partition coefficient (Wildman–Crippen LogP) is 3.02. The van der Waals surface area contributed by atoms with Crippen LogP contribution in [0.4, 0.5) is 13.2 Å². The maximum absolute atomic E-state index is 12.3. The molecule has 1 heterocycles. The quantitative estimate of drug-likeness (QED) is 0.904. The minimum absolute atomic E-state index is 0.183. The van der Waals surface area contributed by atoms with Crippen LogP contribution in [0.3, 0.4) is 0 Å². The third kappa shape index (κ3) is 3.77. The summed E-state index contributed by atoms with van der Waals surface area (Å²) in [4.78, 5) is 0. The van der Waals surface area contributed by atoms with Crippen molar-refractivity contribution in [2.75, 3.05) is 0 Å². The maximum atomic E-state index is 12.3. The number of aliphatic hydroxyl groups is 1. The molecule has 0 amide bonds. The van der Waals surface area contributed by atoms with Gasteiger partial charge in [0.2, 0.25) is 0 Å². The summed E-state index contributed by atoms with van der Waals surface area (Å²) in [7, 11) is 0. The van der Waals surface area contributed by atoms with Gasteiger partial charge in [0.25, 0.3) is 0 Å². The van der Waals surface area contributed by atoms with Gasteiger partial charge in [0.1, 0.15) is 0 Å². The Morgan fingerprint density at radius 1 is 1.44 bits per heavy atom. The largest absolute Gasteiger partial charge is 0.418 e. The normalized spacial score (nSPS) is 14.3. The van der Waals surface area contributed by atoms with Crippen LogP contribution in [0.5, 0.6) is 0 Å². The Kier molecular flexibility index (Phi) is 4.07. The molecular weight excluding hydrogens is 245 g/mol. The summed E-state index contributed by atoms with van der Waals surface area (Å²) in [6, 6.07) is 3.36. The first-order valence-corrected chi connectivity index (χ1v) is 5.47. The van der Waals surface area contributed by atoms with Crippen LogP contribution >= 0.6 is 0 Å². The van der Waals surface area contributed by atoms with E-state index >= 15 is 0 Å². The smallest absolute Gasteiger partial charge is 0.379 e. The van der Waals surface area contributed by atoms with E-state index in [2.05, 4.69) is 6.07 Å². The van der Waals surface area contributed by atoms with Crippen LogP contribution in [-0.2, 0) is 6.54 Å². The fourth-order valence-electron chi connectivity index (χ4n) is 1.41. The van der Waals surface area contributed by atoms with Gasteiger partial charge >= 0.3 is 6.18 Å². The minimum Gasteiger partial charge on any atom is -0.379 e. The number of alkyl halides is 3. The van der Waals surface area contributed by atoms with E-state index < -0.39 is 17.7 Å². The highest BCUT2D eigenvalue weighted by molar-refractivity contribution is 5.15. The van der Waals surface area contributed by atoms with Gasteiger partial charge in [-0.05, 0) is 26.3 Å². The number of halogens is 3. The van der Waals surface area contributed by atoms with Crippen LogP contribution in [0.15, 0.2) is 18.5 Å². The van der Waals surface area contributed by atoms with Crippen molar-refractivity contribution in [3.05, 3.63) is 24.0 Å². The van der Waals surface area contributed by atoms with Crippen molar-refractivity contribution >= 4 is 0 Å². The lowest BCUT2D eigenvalue weighted by Crippen LogP contribution is -2.19. The van der Waals surface area contributed by atoms with Gasteiger partial charge in [-0.1, -0.05) is 0 Å². The van der Waals surface area contributed by atoms with Gasteiger partial charge < -0.3 is 9.67 Å². The summed E-state index contributed by atoms with van der Waals surface area (Å²) in [5.74, 6) is 0. The summed E-state index contributed by atoms with van der Waals surface area (Å²) >= 11 is 0. The average Bonchev–Trinajstić information content (AvgIpc) is 2.73. The van der Waals surface area contributed by atoms with E-state index in [4.69, 9.17) is 10.4 Å². The summed E-state index contributed by atoms with van der Waals surface area (Å²) in [5.41, 5.74) is -0.704. The molecule has 0 saturated carbocycles. The molecule has 0 spiro atoms. The number of hydrogen-bond acceptors (Lipinski definition) is 2. The van der Waals surface area contributed by atoms with Gasteiger partial charge in [0.05, 0.1) is 11.5 Å². The minimum atomic E-state index is -4.65. The fraction of sp³-hybridized carbons (Fsp3) is 0.583. The van der Waals surface area contributed by atoms with Crippen LogP contribution in [0.2, 0.25) is 0 Å². The van der Waals surface area contributed by atoms with Crippen LogP contribution in [0, 0.1) is 16.7 Å². The van der Waals surface area contributed by atoms with Crippen LogP contribution < -0.4 is 0 Å². The van der Waals surface area contributed by atoms with E-state index in [1.165, 1.54) is 18.5 Å². The highest BCUT2D eigenvalue weighted by Crippen LogP contribution is 2.32. The standard InChI is InChI=1S/C12H15F3N2O/c1-11(2,8-16)4-6-17-5-3-9(7-17)10(18)12(13,14)15/h3,5,7,10,18H,4,6H2,1-2H3. The lowest BCUT2D eigenvalue weighted by Gasteiger charge is -2.15. The van der Waals surface area contributed by atoms with Crippen molar-refractivity contribution in [2.45, 2.75) is 39.1 Å². The number of rotatable bonds is 4. The molecule has 0 radical (unpaired) electrons. The van der Waals surface area contributed by atoms with E-state index in [0.717, 1.165) is 0 Å². The highest BCUT2D eigenvalue weighted by Gasteiger charge is 2.39. The lowest BCUT2D eigenvalue weighted by atomic mass is 9.91. The fourth-order valence-corrected chi connectivity index (χ4v) is 1.41. The molecular formula is C12H15F3N2O. The molecule has 6 heteroatoms. The van der Waals surface area contributed by atoms with Crippen LogP contribution in [-0.4, -0.2) is 15.8 Å². The SMILES string of the molecule is CC(C)(C#N)CCn1ccc(C(O)C(F)(F)F)c1. The molecule has 0 aliphatic heterocycles. The summed E-state index contributed by atoms with van der Waals surface area (Å²) in [6.45, 7) is 3.97. The van der Waals surface area contributed by atoms with Gasteiger partial charge in [0.15, 0.2) is 6.10 Å². The van der Waals surface area contributed by atoms with Gasteiger partial charge in [-0.15, -0.1) is 0 Å². The molecule has 1 rings (SSSR count). The molecule has 18 heavy (non-hydrogen) atoms. The third-order valence-electron chi connectivity index (χ3n) is 2.70. The number of aryl methyl sites for hydroxylation is 1. The van der Waals surface area contributed by atoms with Crippen molar-refractivity contribution in [3.63, 3.8) is 0 Å². The van der Waals surface area contributed by atoms with Crippen molar-refractivity contribution in [1.29, 1.82) is 5.26 Å². The highest BCUT2D eigenvalue weighted by atomic mass is 19.4. The van der Waals surface area contributed by atoms with E-state index in [1.807, 2.05) is 0 Å². The molecule has 0 fully saturated rings. The zero-order valence-electron chi connectivity index (χ0n) is 10.2. The second-order valence-electron chi connectivity index (χ2n) is 4.87. The first-order valence-electron chi connectivity index (χ1n) is 5.47. The summed E-state index contributed by atoms with van der Waals surface area (Å²) in [6.07, 6.45) is -3.86. The average molecular weight is 260 g/mol. The molecule has 0 bridgehead atoms. The molecule has 0 aromatic carbocycles. The second kappa shape index (κ2) is 5.02. The molecule has 1 unspecified atom stereocenters. The Hall–Kier alpha value is -1.48. The molecule has 0 aliphatic carbocycles. The Morgan fingerprint density at radius 3 is 2.56 bits per heavy atom. The molecule has 1 aromatic heterocycles. The zero-order valence-corrected chi connectivity index (χ0v) is 10.2. The van der Waals surface area contributed by atoms with Gasteiger partial charge in [0, 0.05) is 24.5 Å². The molecule has 3 nitrogen and oxygen atoms in total. The zero-order chi connectivity index (χ0) is 14.0. The number of nitrogens with zero attached hydrogens (tertiary/aromatic N) is 2. The molecule has 0 saturated heterocycles. The Bertz CT molecular complexity index is 443. The van der Waals surface area contributed by atoms with Gasteiger partial charge in [-0.3, -0.25) is 0 Å². The predicted molar refractivity (Wildman–Crippen MR) is 59.5 cm³/mol. The number of nitriles is 1. The Labute approximate surface area is 103 Å². The van der Waals surface area contributed by atoms with Gasteiger partial charge in [-0.2, -0.15) is 18.4 Å². The maximum Gasteiger partial charge on any atom is 0.418 e. The van der Waals surface area contributed by atoms with E-state index in [0.29, 0.717) is 13.0 Å². The van der Waals surface area contributed by atoms with Crippen molar-refractivity contribution in [1.82, 2.24) is 4.57 Å². The van der Waals surface area contributed by atoms with Crippen LogP contribution in [0.1, 0.15) is 31.9 Å². The monoisotopic (exact) mass is 260 g/mol.